The number of nitrogens with zero attached hydrogens (tertiary/aromatic N) is 1. The van der Waals surface area contributed by atoms with E-state index in [1.807, 2.05) is 0 Å². The van der Waals surface area contributed by atoms with Crippen molar-refractivity contribution in [3.05, 3.63) is 0 Å². The first kappa shape index (κ1) is 11.5. The van der Waals surface area contributed by atoms with Crippen molar-refractivity contribution in [2.45, 2.75) is 38.6 Å². The summed E-state index contributed by atoms with van der Waals surface area (Å²) in [4.78, 5) is 13.3. The summed E-state index contributed by atoms with van der Waals surface area (Å²) in [5.41, 5.74) is 2.17. The molecule has 1 aliphatic rings. The monoisotopic (exact) mass is 199 g/mol. The van der Waals surface area contributed by atoms with Crippen LogP contribution in [0, 0.1) is 5.92 Å². The van der Waals surface area contributed by atoms with Crippen LogP contribution in [-0.4, -0.2) is 30.4 Å². The molecular weight excluding hydrogens is 178 g/mol. The molecule has 3 N–H and O–H groups in total. The number of rotatable bonds is 5. The van der Waals surface area contributed by atoms with Gasteiger partial charge in [-0.25, -0.2) is 5.84 Å². The second-order valence-corrected chi connectivity index (χ2v) is 4.36. The molecule has 1 rings (SSSR count). The molecule has 0 aromatic rings. The molecule has 0 aromatic carbocycles. The first-order valence-electron chi connectivity index (χ1n) is 5.33. The Morgan fingerprint density at radius 3 is 2.71 bits per heavy atom. The van der Waals surface area contributed by atoms with Gasteiger partial charge in [0, 0.05) is 19.0 Å². The van der Waals surface area contributed by atoms with Crippen molar-refractivity contribution >= 4 is 5.91 Å². The van der Waals surface area contributed by atoms with Gasteiger partial charge in [0.2, 0.25) is 5.91 Å². The highest BCUT2D eigenvalue weighted by Gasteiger charge is 2.21. The Labute approximate surface area is 85.8 Å². The van der Waals surface area contributed by atoms with Crippen molar-refractivity contribution < 1.29 is 4.79 Å². The number of nitrogens with two attached hydrogens (primary N) is 1. The molecule has 0 bridgehead atoms. The summed E-state index contributed by atoms with van der Waals surface area (Å²) in [6.07, 6.45) is 4.55. The molecule has 1 fully saturated rings. The van der Waals surface area contributed by atoms with Gasteiger partial charge in [-0.1, -0.05) is 6.42 Å². The summed E-state index contributed by atoms with van der Waals surface area (Å²) in [5.74, 6) is 5.81. The first-order valence-corrected chi connectivity index (χ1v) is 5.33. The maximum Gasteiger partial charge on any atom is 0.235 e. The third kappa shape index (κ3) is 3.27. The molecule has 0 radical (unpaired) electrons. The van der Waals surface area contributed by atoms with Crippen LogP contribution >= 0.6 is 0 Å². The Morgan fingerprint density at radius 2 is 2.29 bits per heavy atom. The lowest BCUT2D eigenvalue weighted by Crippen LogP contribution is -2.40. The number of carbonyl (C=O) groups excluding carboxylic acids is 1. The van der Waals surface area contributed by atoms with Crippen LogP contribution in [0.25, 0.3) is 0 Å². The van der Waals surface area contributed by atoms with Gasteiger partial charge in [-0.3, -0.25) is 10.2 Å². The average Bonchev–Trinajstić information content (AvgIpc) is 2.10. The molecule has 0 heterocycles. The van der Waals surface area contributed by atoms with Gasteiger partial charge in [-0.05, 0) is 32.7 Å². The fourth-order valence-electron chi connectivity index (χ4n) is 1.75. The molecule has 0 saturated heterocycles. The zero-order valence-corrected chi connectivity index (χ0v) is 9.12. The highest BCUT2D eigenvalue weighted by Crippen LogP contribution is 2.27. The lowest BCUT2D eigenvalue weighted by atomic mass is 9.85. The number of hydrogen-bond acceptors (Lipinski definition) is 3. The van der Waals surface area contributed by atoms with Crippen LogP contribution < -0.4 is 11.3 Å². The molecular formula is C10H21N3O. The van der Waals surface area contributed by atoms with E-state index < -0.39 is 0 Å². The summed E-state index contributed by atoms with van der Waals surface area (Å²) in [6, 6.07) is 0.277. The Bertz CT molecular complexity index is 192. The largest absolute Gasteiger partial charge is 0.303 e. The molecule has 1 unspecified atom stereocenters. The lowest BCUT2D eigenvalue weighted by Gasteiger charge is -2.33. The second-order valence-electron chi connectivity index (χ2n) is 4.36. The first-order chi connectivity index (χ1) is 6.63. The summed E-state index contributed by atoms with van der Waals surface area (Å²) in [6.45, 7) is 3.17. The predicted octanol–water partition coefficient (Wildman–Crippen LogP) is 0.487. The molecule has 82 valence electrons. The quantitative estimate of drug-likeness (QED) is 0.385. The van der Waals surface area contributed by atoms with Crippen LogP contribution in [0.15, 0.2) is 0 Å². The van der Waals surface area contributed by atoms with Crippen molar-refractivity contribution in [1.29, 1.82) is 0 Å². The van der Waals surface area contributed by atoms with Crippen LogP contribution in [0.4, 0.5) is 0 Å². The predicted molar refractivity (Wildman–Crippen MR) is 56.4 cm³/mol. The van der Waals surface area contributed by atoms with Crippen molar-refractivity contribution in [3.8, 4) is 0 Å². The average molecular weight is 199 g/mol. The van der Waals surface area contributed by atoms with Gasteiger partial charge in [0.15, 0.2) is 0 Å². The number of nitrogens with one attached hydrogen (secondary N) is 1. The van der Waals surface area contributed by atoms with Gasteiger partial charge in [0.05, 0.1) is 0 Å². The molecule has 1 amide bonds. The van der Waals surface area contributed by atoms with E-state index in [1.54, 1.807) is 0 Å². The van der Waals surface area contributed by atoms with Crippen LogP contribution in [0.2, 0.25) is 0 Å². The van der Waals surface area contributed by atoms with Gasteiger partial charge in [-0.15, -0.1) is 0 Å². The Hall–Kier alpha value is -0.610. The topological polar surface area (TPSA) is 58.4 Å². The van der Waals surface area contributed by atoms with Crippen LogP contribution in [0.3, 0.4) is 0 Å². The Morgan fingerprint density at radius 1 is 1.64 bits per heavy atom. The molecule has 4 heteroatoms. The third-order valence-electron chi connectivity index (χ3n) is 3.17. The second kappa shape index (κ2) is 5.32. The fraction of sp³-hybridized carbons (Fsp3) is 0.900. The summed E-state index contributed by atoms with van der Waals surface area (Å²) in [5, 5.41) is 0. The van der Waals surface area contributed by atoms with Gasteiger partial charge in [0.25, 0.3) is 0 Å². The Kier molecular flexibility index (Phi) is 4.35. The van der Waals surface area contributed by atoms with Gasteiger partial charge in [0.1, 0.15) is 0 Å². The van der Waals surface area contributed by atoms with Crippen LogP contribution in [0.1, 0.15) is 32.6 Å². The molecule has 1 saturated carbocycles. The van der Waals surface area contributed by atoms with Crippen molar-refractivity contribution in [2.24, 2.45) is 11.8 Å². The van der Waals surface area contributed by atoms with E-state index in [0.29, 0.717) is 6.42 Å². The lowest BCUT2D eigenvalue weighted by molar-refractivity contribution is -0.122. The normalized spacial score (nSPS) is 19.1. The number of hydrogen-bond donors (Lipinski definition) is 2. The van der Waals surface area contributed by atoms with E-state index in [-0.39, 0.29) is 11.9 Å². The molecule has 0 aliphatic heterocycles. The van der Waals surface area contributed by atoms with Crippen LogP contribution in [0.5, 0.6) is 0 Å². The summed E-state index contributed by atoms with van der Waals surface area (Å²) >= 11 is 0. The van der Waals surface area contributed by atoms with E-state index in [1.165, 1.54) is 19.3 Å². The van der Waals surface area contributed by atoms with E-state index in [0.717, 1.165) is 12.5 Å². The van der Waals surface area contributed by atoms with Gasteiger partial charge in [-0.2, -0.15) is 0 Å². The molecule has 14 heavy (non-hydrogen) atoms. The van der Waals surface area contributed by atoms with E-state index >= 15 is 0 Å². The Balaban J connectivity index is 2.20. The smallest absolute Gasteiger partial charge is 0.235 e. The highest BCUT2D eigenvalue weighted by atomic mass is 16.2. The number of hydrazine groups is 1. The van der Waals surface area contributed by atoms with Gasteiger partial charge < -0.3 is 4.90 Å². The SMILES string of the molecule is CC(CC(=O)NN)N(C)CC1CCC1. The number of amides is 1. The van der Waals surface area contributed by atoms with E-state index in [4.69, 9.17) is 5.84 Å². The minimum Gasteiger partial charge on any atom is -0.303 e. The maximum absolute atomic E-state index is 11.0. The van der Waals surface area contributed by atoms with E-state index in [9.17, 15) is 4.79 Å². The minimum atomic E-state index is -0.0852. The molecule has 1 aliphatic carbocycles. The van der Waals surface area contributed by atoms with Crippen molar-refractivity contribution in [2.75, 3.05) is 13.6 Å². The minimum absolute atomic E-state index is 0.0852. The summed E-state index contributed by atoms with van der Waals surface area (Å²) < 4.78 is 0. The zero-order valence-electron chi connectivity index (χ0n) is 9.12. The maximum atomic E-state index is 11.0. The van der Waals surface area contributed by atoms with Gasteiger partial charge >= 0.3 is 0 Å². The van der Waals surface area contributed by atoms with Crippen molar-refractivity contribution in [3.63, 3.8) is 0 Å². The van der Waals surface area contributed by atoms with E-state index in [2.05, 4.69) is 24.3 Å². The summed E-state index contributed by atoms with van der Waals surface area (Å²) in [7, 11) is 2.08. The zero-order chi connectivity index (χ0) is 10.6. The fourth-order valence-corrected chi connectivity index (χ4v) is 1.75. The third-order valence-corrected chi connectivity index (χ3v) is 3.17. The molecule has 1 atom stereocenters. The molecule has 0 spiro atoms. The van der Waals surface area contributed by atoms with Crippen LogP contribution in [-0.2, 0) is 4.79 Å². The highest BCUT2D eigenvalue weighted by molar-refractivity contribution is 5.75. The van der Waals surface area contributed by atoms with Crippen molar-refractivity contribution in [1.82, 2.24) is 10.3 Å². The number of carbonyl (C=O) groups is 1. The molecule has 4 nitrogen and oxygen atoms in total. The standard InChI is InChI=1S/C10H21N3O/c1-8(6-10(14)12-11)13(2)7-9-4-3-5-9/h8-9H,3-7,11H2,1-2H3,(H,12,14). The molecule has 0 aromatic heterocycles.